The highest BCUT2D eigenvalue weighted by Gasteiger charge is 2.33. The first kappa shape index (κ1) is 12.4. The van der Waals surface area contributed by atoms with E-state index in [1.165, 1.54) is 0 Å². The third kappa shape index (κ3) is 2.99. The number of nitrogens with one attached hydrogen (secondary N) is 1. The van der Waals surface area contributed by atoms with Gasteiger partial charge in [0.15, 0.2) is 0 Å². The molecule has 0 spiro atoms. The van der Waals surface area contributed by atoms with Crippen molar-refractivity contribution in [1.29, 1.82) is 0 Å². The van der Waals surface area contributed by atoms with Crippen LogP contribution in [0.3, 0.4) is 0 Å². The highest BCUT2D eigenvalue weighted by atomic mass is 16.5. The van der Waals surface area contributed by atoms with Gasteiger partial charge in [0.2, 0.25) is 0 Å². The summed E-state index contributed by atoms with van der Waals surface area (Å²) in [4.78, 5) is 0. The maximum atomic E-state index is 10.5. The number of hydrogen-bond acceptors (Lipinski definition) is 3. The largest absolute Gasteiger partial charge is 0.497 e. The zero-order chi connectivity index (χ0) is 12.3. The van der Waals surface area contributed by atoms with Crippen molar-refractivity contribution in [1.82, 2.24) is 5.32 Å². The summed E-state index contributed by atoms with van der Waals surface area (Å²) in [5.74, 6) is 0.854. The van der Waals surface area contributed by atoms with Crippen LogP contribution in [0.1, 0.15) is 25.3 Å². The topological polar surface area (TPSA) is 41.5 Å². The molecule has 1 aliphatic rings. The van der Waals surface area contributed by atoms with E-state index >= 15 is 0 Å². The summed E-state index contributed by atoms with van der Waals surface area (Å²) in [5, 5.41) is 13.9. The van der Waals surface area contributed by atoms with E-state index < -0.39 is 5.60 Å². The molecule has 1 unspecified atom stereocenters. The second kappa shape index (κ2) is 5.07. The monoisotopic (exact) mass is 235 g/mol. The lowest BCUT2D eigenvalue weighted by molar-refractivity contribution is 0.0262. The van der Waals surface area contributed by atoms with E-state index in [4.69, 9.17) is 4.74 Å². The van der Waals surface area contributed by atoms with E-state index in [9.17, 15) is 5.11 Å². The summed E-state index contributed by atoms with van der Waals surface area (Å²) in [5.41, 5.74) is 0.468. The van der Waals surface area contributed by atoms with Gasteiger partial charge >= 0.3 is 0 Å². The molecule has 2 N–H and O–H groups in total. The first-order valence-electron chi connectivity index (χ1n) is 6.20. The average Bonchev–Trinajstić information content (AvgIpc) is 2.84. The minimum Gasteiger partial charge on any atom is -0.497 e. The van der Waals surface area contributed by atoms with Crippen LogP contribution in [-0.4, -0.2) is 30.4 Å². The molecule has 0 saturated carbocycles. The minimum atomic E-state index is -0.676. The molecule has 17 heavy (non-hydrogen) atoms. The van der Waals surface area contributed by atoms with Crippen LogP contribution in [0.25, 0.3) is 0 Å². The minimum absolute atomic E-state index is 0.213. The predicted molar refractivity (Wildman–Crippen MR) is 68.3 cm³/mol. The first-order chi connectivity index (χ1) is 8.12. The van der Waals surface area contributed by atoms with E-state index in [2.05, 4.69) is 5.32 Å². The van der Waals surface area contributed by atoms with Crippen LogP contribution in [0, 0.1) is 0 Å². The van der Waals surface area contributed by atoms with Crippen molar-refractivity contribution in [3.8, 4) is 5.75 Å². The quantitative estimate of drug-likeness (QED) is 0.835. The van der Waals surface area contributed by atoms with Gasteiger partial charge in [-0.2, -0.15) is 0 Å². The van der Waals surface area contributed by atoms with Crippen molar-refractivity contribution in [3.05, 3.63) is 29.8 Å². The van der Waals surface area contributed by atoms with Crippen molar-refractivity contribution in [2.75, 3.05) is 13.7 Å². The summed E-state index contributed by atoms with van der Waals surface area (Å²) < 4.78 is 5.12. The lowest BCUT2D eigenvalue weighted by atomic mass is 9.88. The number of ether oxygens (including phenoxy) is 1. The average molecular weight is 235 g/mol. The molecule has 1 fully saturated rings. The van der Waals surface area contributed by atoms with Crippen molar-refractivity contribution >= 4 is 0 Å². The summed E-state index contributed by atoms with van der Waals surface area (Å²) in [6.45, 7) is 2.93. The molecule has 94 valence electrons. The van der Waals surface area contributed by atoms with E-state index in [-0.39, 0.29) is 6.04 Å². The van der Waals surface area contributed by atoms with Crippen LogP contribution in [0.15, 0.2) is 24.3 Å². The SMILES string of the molecule is COc1ccc(C[C@@](C)(O)C2CCCN2)cc1. The third-order valence-corrected chi connectivity index (χ3v) is 3.53. The second-order valence-electron chi connectivity index (χ2n) is 5.03. The highest BCUT2D eigenvalue weighted by molar-refractivity contribution is 5.28. The van der Waals surface area contributed by atoms with Gasteiger partial charge in [0.1, 0.15) is 5.75 Å². The molecule has 0 aliphatic carbocycles. The molecule has 0 amide bonds. The Bertz CT molecular complexity index is 353. The second-order valence-corrected chi connectivity index (χ2v) is 5.03. The smallest absolute Gasteiger partial charge is 0.118 e. The standard InChI is InChI=1S/C14H21NO2/c1-14(16,13-4-3-9-15-13)10-11-5-7-12(17-2)8-6-11/h5-8,13,15-16H,3-4,9-10H2,1-2H3/t13?,14-/m1/s1. The van der Waals surface area contributed by atoms with Gasteiger partial charge < -0.3 is 15.2 Å². The Kier molecular flexibility index (Phi) is 3.69. The Morgan fingerprint density at radius 2 is 2.12 bits per heavy atom. The van der Waals surface area contributed by atoms with Crippen molar-refractivity contribution in [2.45, 2.75) is 37.8 Å². The molecule has 1 heterocycles. The van der Waals surface area contributed by atoms with Crippen molar-refractivity contribution in [3.63, 3.8) is 0 Å². The number of aliphatic hydroxyl groups is 1. The molecular formula is C14H21NO2. The zero-order valence-corrected chi connectivity index (χ0v) is 10.6. The lowest BCUT2D eigenvalue weighted by Crippen LogP contribution is -2.46. The number of hydrogen-bond donors (Lipinski definition) is 2. The van der Waals surface area contributed by atoms with Crippen LogP contribution in [0.5, 0.6) is 5.75 Å². The zero-order valence-electron chi connectivity index (χ0n) is 10.6. The van der Waals surface area contributed by atoms with E-state index in [0.29, 0.717) is 6.42 Å². The molecule has 0 bridgehead atoms. The van der Waals surface area contributed by atoms with Crippen LogP contribution in [0.4, 0.5) is 0 Å². The van der Waals surface area contributed by atoms with Gasteiger partial charge in [0.25, 0.3) is 0 Å². The molecule has 1 aliphatic heterocycles. The van der Waals surface area contributed by atoms with E-state index in [0.717, 1.165) is 30.7 Å². The maximum absolute atomic E-state index is 10.5. The van der Waals surface area contributed by atoms with Gasteiger partial charge in [0.05, 0.1) is 12.7 Å². The highest BCUT2D eigenvalue weighted by Crippen LogP contribution is 2.24. The predicted octanol–water partition coefficient (Wildman–Crippen LogP) is 1.74. The Hall–Kier alpha value is -1.06. The molecule has 2 rings (SSSR count). The van der Waals surface area contributed by atoms with Crippen LogP contribution in [0.2, 0.25) is 0 Å². The molecule has 1 aromatic rings. The normalized spacial score (nSPS) is 23.4. The van der Waals surface area contributed by atoms with Crippen molar-refractivity contribution < 1.29 is 9.84 Å². The summed E-state index contributed by atoms with van der Waals surface area (Å²) >= 11 is 0. The molecule has 3 heteroatoms. The Morgan fingerprint density at radius 3 is 2.65 bits per heavy atom. The fraction of sp³-hybridized carbons (Fsp3) is 0.571. The molecule has 3 nitrogen and oxygen atoms in total. The maximum Gasteiger partial charge on any atom is 0.118 e. The Balaban J connectivity index is 2.02. The van der Waals surface area contributed by atoms with Crippen LogP contribution >= 0.6 is 0 Å². The van der Waals surface area contributed by atoms with Gasteiger partial charge in [-0.25, -0.2) is 0 Å². The summed E-state index contributed by atoms with van der Waals surface area (Å²) in [6, 6.07) is 8.12. The van der Waals surface area contributed by atoms with Gasteiger partial charge in [-0.3, -0.25) is 0 Å². The third-order valence-electron chi connectivity index (χ3n) is 3.53. The van der Waals surface area contributed by atoms with Crippen LogP contribution < -0.4 is 10.1 Å². The molecule has 0 radical (unpaired) electrons. The first-order valence-corrected chi connectivity index (χ1v) is 6.20. The van der Waals surface area contributed by atoms with Gasteiger partial charge in [-0.05, 0) is 44.0 Å². The fourth-order valence-electron chi connectivity index (χ4n) is 2.50. The van der Waals surface area contributed by atoms with Gasteiger partial charge in [-0.1, -0.05) is 12.1 Å². The van der Waals surface area contributed by atoms with Gasteiger partial charge in [-0.15, -0.1) is 0 Å². The molecule has 2 atom stereocenters. The molecule has 1 aromatic carbocycles. The molecule has 0 aromatic heterocycles. The molecular weight excluding hydrogens is 214 g/mol. The van der Waals surface area contributed by atoms with E-state index in [1.807, 2.05) is 31.2 Å². The number of benzene rings is 1. The fourth-order valence-corrected chi connectivity index (χ4v) is 2.50. The van der Waals surface area contributed by atoms with Gasteiger partial charge in [0, 0.05) is 12.5 Å². The summed E-state index contributed by atoms with van der Waals surface area (Å²) in [7, 11) is 1.66. The number of methoxy groups -OCH3 is 1. The van der Waals surface area contributed by atoms with Crippen LogP contribution in [-0.2, 0) is 6.42 Å². The Labute approximate surface area is 103 Å². The number of rotatable bonds is 4. The van der Waals surface area contributed by atoms with Crippen molar-refractivity contribution in [2.24, 2.45) is 0 Å². The summed E-state index contributed by atoms with van der Waals surface area (Å²) in [6.07, 6.45) is 2.89. The van der Waals surface area contributed by atoms with E-state index in [1.54, 1.807) is 7.11 Å². The molecule has 1 saturated heterocycles. The lowest BCUT2D eigenvalue weighted by Gasteiger charge is -2.30. The Morgan fingerprint density at radius 1 is 1.41 bits per heavy atom.